The number of rotatable bonds is 5. The number of allylic oxidation sites excluding steroid dienone is 8. The highest BCUT2D eigenvalue weighted by Gasteiger charge is 2.37. The van der Waals surface area contributed by atoms with Gasteiger partial charge in [0, 0.05) is 40.2 Å². The van der Waals surface area contributed by atoms with Crippen molar-refractivity contribution in [1.29, 1.82) is 0 Å². The second-order valence-corrected chi connectivity index (χ2v) is 11.2. The summed E-state index contributed by atoms with van der Waals surface area (Å²) in [7, 11) is 0. The summed E-state index contributed by atoms with van der Waals surface area (Å²) >= 11 is 0. The van der Waals surface area contributed by atoms with Crippen LogP contribution in [0.4, 0.5) is 0 Å². The number of nitrogens with zero attached hydrogens (tertiary/aromatic N) is 3. The summed E-state index contributed by atoms with van der Waals surface area (Å²) in [4.78, 5) is 30.1. The Morgan fingerprint density at radius 2 is 1.66 bits per heavy atom. The largest absolute Gasteiger partial charge is 0.511 e. The van der Waals surface area contributed by atoms with Gasteiger partial charge in [-0.2, -0.15) is 0 Å². The van der Waals surface area contributed by atoms with Gasteiger partial charge in [0.25, 0.3) is 0 Å². The zero-order chi connectivity index (χ0) is 29.3. The van der Waals surface area contributed by atoms with Crippen molar-refractivity contribution in [3.05, 3.63) is 89.8 Å². The van der Waals surface area contributed by atoms with Crippen molar-refractivity contribution in [1.82, 2.24) is 4.98 Å². The molecule has 1 aromatic rings. The summed E-state index contributed by atoms with van der Waals surface area (Å²) in [5.41, 5.74) is 12.6. The van der Waals surface area contributed by atoms with E-state index in [2.05, 4.69) is 18.8 Å². The van der Waals surface area contributed by atoms with E-state index in [9.17, 15) is 20.1 Å². The van der Waals surface area contributed by atoms with Crippen LogP contribution in [-0.4, -0.2) is 43.4 Å². The minimum absolute atomic E-state index is 0.0297. The van der Waals surface area contributed by atoms with Gasteiger partial charge in [-0.3, -0.25) is 4.79 Å². The molecule has 4 N–H and O–H groups in total. The minimum Gasteiger partial charge on any atom is -0.511 e. The van der Waals surface area contributed by atoms with Gasteiger partial charge in [0.15, 0.2) is 0 Å². The van der Waals surface area contributed by atoms with E-state index in [-0.39, 0.29) is 12.2 Å². The number of hydrogen-bond donors (Lipinski definition) is 4. The highest BCUT2D eigenvalue weighted by atomic mass is 16.4. The third-order valence-electron chi connectivity index (χ3n) is 8.74. The molecule has 5 heterocycles. The van der Waals surface area contributed by atoms with Crippen LogP contribution in [-0.2, 0) is 4.79 Å². The van der Waals surface area contributed by atoms with Gasteiger partial charge < -0.3 is 20.3 Å². The zero-order valence-electron chi connectivity index (χ0n) is 24.2. The SMILES string of the molecule is CCC1=C(C)C2=NC1=CC1=C(C)C3=C(O)CC(=C4N=C(C=c5[nH]c(c(C(C)O)c5C)=C2)C(C)=C4CCC(=O)O)C3=N1. The molecule has 0 saturated heterocycles. The molecule has 0 amide bonds. The molecule has 0 radical (unpaired) electrons. The van der Waals surface area contributed by atoms with E-state index < -0.39 is 12.1 Å². The summed E-state index contributed by atoms with van der Waals surface area (Å²) in [5.74, 6) is -0.629. The van der Waals surface area contributed by atoms with Crippen LogP contribution in [0.1, 0.15) is 77.5 Å². The Hall–Kier alpha value is -4.30. The Labute approximate surface area is 238 Å². The molecule has 8 heteroatoms. The Bertz CT molecular complexity index is 1880. The standard InChI is InChI=1S/C33H34N4O4/c1-7-19-14(2)22-13-27-30(18(6)38)16(4)24(35-27)11-23-15(3)20(8-9-29(40)41)32(36-23)21-10-28(39)31-17(5)25(37-33(21)31)12-26(19)34-22/h11-13,18,35,38-39H,7-10H2,1-6H3,(H,40,41). The number of fused-ring (bicyclic) bond motifs is 5. The molecule has 0 spiro atoms. The van der Waals surface area contributed by atoms with Crippen molar-refractivity contribution in [2.24, 2.45) is 15.0 Å². The maximum Gasteiger partial charge on any atom is 0.303 e. The maximum atomic E-state index is 11.6. The summed E-state index contributed by atoms with van der Waals surface area (Å²) in [6.45, 7) is 11.8. The first-order valence-corrected chi connectivity index (χ1v) is 14.1. The molecule has 0 aromatic carbocycles. The molecule has 1 atom stereocenters. The van der Waals surface area contributed by atoms with E-state index >= 15 is 0 Å². The molecule has 0 saturated carbocycles. The summed E-state index contributed by atoms with van der Waals surface area (Å²) < 4.78 is 0. The highest BCUT2D eigenvalue weighted by Crippen LogP contribution is 2.44. The second kappa shape index (κ2) is 9.66. The lowest BCUT2D eigenvalue weighted by Crippen LogP contribution is -2.16. The zero-order valence-corrected chi connectivity index (χ0v) is 24.2. The number of H-pyrrole nitrogens is 1. The fourth-order valence-corrected chi connectivity index (χ4v) is 6.53. The lowest BCUT2D eigenvalue weighted by Gasteiger charge is -2.09. The van der Waals surface area contributed by atoms with Crippen LogP contribution in [0.15, 0.2) is 82.9 Å². The number of carboxylic acid groups (broad SMARTS) is 1. The van der Waals surface area contributed by atoms with Gasteiger partial charge >= 0.3 is 5.97 Å². The number of aliphatic hydroxyl groups is 2. The van der Waals surface area contributed by atoms with Crippen LogP contribution in [0.2, 0.25) is 0 Å². The number of nitrogens with one attached hydrogen (secondary N) is 1. The first kappa shape index (κ1) is 26.9. The number of aliphatic imine (C=N–C) groups is 3. The summed E-state index contributed by atoms with van der Waals surface area (Å²) in [6, 6.07) is 0. The van der Waals surface area contributed by atoms with Crippen LogP contribution >= 0.6 is 0 Å². The van der Waals surface area contributed by atoms with Gasteiger partial charge in [-0.05, 0) is 99.1 Å². The quantitative estimate of drug-likeness (QED) is 0.417. The van der Waals surface area contributed by atoms with Crippen molar-refractivity contribution in [2.45, 2.75) is 73.3 Å². The number of aromatic amines is 1. The molecule has 41 heavy (non-hydrogen) atoms. The fourth-order valence-electron chi connectivity index (χ4n) is 6.53. The lowest BCUT2D eigenvalue weighted by molar-refractivity contribution is -0.136. The van der Waals surface area contributed by atoms with Gasteiger partial charge in [-0.1, -0.05) is 6.92 Å². The molecule has 1 aromatic heterocycles. The van der Waals surface area contributed by atoms with E-state index in [0.29, 0.717) is 30.0 Å². The third-order valence-corrected chi connectivity index (χ3v) is 8.74. The summed E-state index contributed by atoms with van der Waals surface area (Å²) in [5, 5.41) is 33.0. The number of hydrogen-bond acceptors (Lipinski definition) is 6. The second-order valence-electron chi connectivity index (χ2n) is 11.2. The number of aromatic nitrogens is 1. The summed E-state index contributed by atoms with van der Waals surface area (Å²) in [6.07, 6.45) is 6.62. The first-order valence-electron chi connectivity index (χ1n) is 14.1. The average Bonchev–Trinajstić information content (AvgIpc) is 3.65. The number of carbonyl (C=O) groups is 1. The lowest BCUT2D eigenvalue weighted by atomic mass is 9.96. The minimum atomic E-state index is -0.878. The van der Waals surface area contributed by atoms with E-state index in [1.807, 2.05) is 39.0 Å². The number of aliphatic hydroxyl groups excluding tert-OH is 2. The monoisotopic (exact) mass is 550 g/mol. The van der Waals surface area contributed by atoms with Gasteiger partial charge in [0.1, 0.15) is 5.76 Å². The smallest absolute Gasteiger partial charge is 0.303 e. The van der Waals surface area contributed by atoms with Crippen LogP contribution < -0.4 is 10.7 Å². The number of aliphatic carboxylic acids is 1. The molecule has 1 unspecified atom stereocenters. The van der Waals surface area contributed by atoms with Crippen LogP contribution in [0.5, 0.6) is 0 Å². The molecule has 0 fully saturated rings. The van der Waals surface area contributed by atoms with E-state index in [1.165, 1.54) is 0 Å². The molecule has 1 aliphatic carbocycles. The Balaban J connectivity index is 1.70. The van der Waals surface area contributed by atoms with Gasteiger partial charge in [-0.15, -0.1) is 0 Å². The normalized spacial score (nSPS) is 20.5. The van der Waals surface area contributed by atoms with E-state index in [0.717, 1.165) is 84.4 Å². The van der Waals surface area contributed by atoms with Crippen molar-refractivity contribution in [3.63, 3.8) is 0 Å². The molecule has 210 valence electrons. The molecule has 5 aliphatic rings. The third kappa shape index (κ3) is 4.16. The maximum absolute atomic E-state index is 11.6. The van der Waals surface area contributed by atoms with Crippen molar-refractivity contribution >= 4 is 35.3 Å². The van der Waals surface area contributed by atoms with Crippen molar-refractivity contribution < 1.29 is 20.1 Å². The Morgan fingerprint density at radius 3 is 2.34 bits per heavy atom. The predicted molar refractivity (Wildman–Crippen MR) is 161 cm³/mol. The predicted octanol–water partition coefficient (Wildman–Crippen LogP) is 4.85. The topological polar surface area (TPSA) is 131 Å². The molecule has 4 aliphatic heterocycles. The van der Waals surface area contributed by atoms with Crippen LogP contribution in [0, 0.1) is 6.92 Å². The van der Waals surface area contributed by atoms with Crippen LogP contribution in [0.3, 0.4) is 0 Å². The Kier molecular flexibility index (Phi) is 6.34. The fraction of sp³-hybridized carbons (Fsp3) is 0.333. The average molecular weight is 551 g/mol. The molecular weight excluding hydrogens is 516 g/mol. The molecule has 8 bridgehead atoms. The Morgan fingerprint density at radius 1 is 0.976 bits per heavy atom. The van der Waals surface area contributed by atoms with Crippen molar-refractivity contribution in [2.75, 3.05) is 0 Å². The highest BCUT2D eigenvalue weighted by molar-refractivity contribution is 6.26. The molecule has 6 rings (SSSR count). The molecule has 8 nitrogen and oxygen atoms in total. The van der Waals surface area contributed by atoms with Crippen molar-refractivity contribution in [3.8, 4) is 0 Å². The number of carboxylic acids is 1. The van der Waals surface area contributed by atoms with Gasteiger partial charge in [0.2, 0.25) is 0 Å². The molecular formula is C33H34N4O4. The first-order chi connectivity index (χ1) is 19.5. The van der Waals surface area contributed by atoms with E-state index in [1.54, 1.807) is 6.92 Å². The van der Waals surface area contributed by atoms with Gasteiger partial charge in [-0.25, -0.2) is 15.0 Å². The van der Waals surface area contributed by atoms with Crippen LogP contribution in [0.25, 0.3) is 12.2 Å². The van der Waals surface area contributed by atoms with Gasteiger partial charge in [0.05, 0.1) is 40.3 Å². The van der Waals surface area contributed by atoms with E-state index in [4.69, 9.17) is 15.0 Å².